The van der Waals surface area contributed by atoms with Gasteiger partial charge in [0.1, 0.15) is 0 Å². The number of nitrogens with zero attached hydrogens (tertiary/aromatic N) is 1. The second kappa shape index (κ2) is 4.86. The van der Waals surface area contributed by atoms with Crippen LogP contribution in [0.15, 0.2) is 30.3 Å². The van der Waals surface area contributed by atoms with Crippen molar-refractivity contribution in [3.63, 3.8) is 0 Å². The third kappa shape index (κ3) is 3.31. The molecule has 0 fully saturated rings. The van der Waals surface area contributed by atoms with Crippen molar-refractivity contribution < 1.29 is 0 Å². The maximum Gasteiger partial charge on any atom is -0.0398 e. The molecular weight excluding hydrogens is 110 g/mol. The highest BCUT2D eigenvalue weighted by atomic mass is 14.2. The van der Waals surface area contributed by atoms with Gasteiger partial charge in [0.15, 0.2) is 0 Å². The standard InChI is InChI=1S/C7H8.CN/c1-7-5-3-2-4-6-7;1-2/h2-6H,1H3;/q;-1. The molecule has 1 rings (SSSR count). The van der Waals surface area contributed by atoms with Gasteiger partial charge in [-0.3, -0.25) is 0 Å². The lowest BCUT2D eigenvalue weighted by Crippen LogP contribution is -1.62. The predicted octanol–water partition coefficient (Wildman–Crippen LogP) is 2.09. The normalized spacial score (nSPS) is 7.00. The molecule has 0 atom stereocenters. The van der Waals surface area contributed by atoms with Crippen LogP contribution < -0.4 is 0 Å². The van der Waals surface area contributed by atoms with Crippen LogP contribution >= 0.6 is 0 Å². The smallest absolute Gasteiger partial charge is 0.0398 e. The van der Waals surface area contributed by atoms with Gasteiger partial charge in [0.05, 0.1) is 0 Å². The zero-order valence-corrected chi connectivity index (χ0v) is 5.33. The van der Waals surface area contributed by atoms with E-state index in [2.05, 4.69) is 19.1 Å². The summed E-state index contributed by atoms with van der Waals surface area (Å²) in [5.74, 6) is 0. The first-order chi connectivity index (χ1) is 4.39. The SMILES string of the molecule is Cc1ccccc1.[C-]#N. The Labute approximate surface area is 55.6 Å². The lowest BCUT2D eigenvalue weighted by Gasteiger charge is -1.82. The number of hydrogen-bond donors (Lipinski definition) is 0. The van der Waals surface area contributed by atoms with E-state index < -0.39 is 0 Å². The van der Waals surface area contributed by atoms with Crippen molar-refractivity contribution in [1.82, 2.24) is 0 Å². The Balaban J connectivity index is 0.000000291. The van der Waals surface area contributed by atoms with Gasteiger partial charge in [0.25, 0.3) is 0 Å². The summed E-state index contributed by atoms with van der Waals surface area (Å²) in [5.41, 5.74) is 1.32. The molecule has 0 unspecified atom stereocenters. The first kappa shape index (κ1) is 7.71. The van der Waals surface area contributed by atoms with Crippen molar-refractivity contribution in [2.45, 2.75) is 6.92 Å². The number of aryl methyl sites for hydroxylation is 1. The van der Waals surface area contributed by atoms with Crippen LogP contribution in [0.1, 0.15) is 5.56 Å². The van der Waals surface area contributed by atoms with Crippen molar-refractivity contribution in [2.24, 2.45) is 0 Å². The van der Waals surface area contributed by atoms with Crippen LogP contribution in [0, 0.1) is 18.8 Å². The Morgan fingerprint density at radius 1 is 1.11 bits per heavy atom. The fraction of sp³-hybridized carbons (Fsp3) is 0.125. The van der Waals surface area contributed by atoms with E-state index in [1.165, 1.54) is 5.56 Å². The van der Waals surface area contributed by atoms with Crippen LogP contribution in [-0.2, 0) is 0 Å². The first-order valence-corrected chi connectivity index (χ1v) is 2.63. The van der Waals surface area contributed by atoms with Gasteiger partial charge in [0.2, 0.25) is 0 Å². The van der Waals surface area contributed by atoms with E-state index >= 15 is 0 Å². The van der Waals surface area contributed by atoms with E-state index in [-0.39, 0.29) is 0 Å². The van der Waals surface area contributed by atoms with Gasteiger partial charge in [-0.2, -0.15) is 0 Å². The monoisotopic (exact) mass is 118 g/mol. The second-order valence-electron chi connectivity index (χ2n) is 1.65. The van der Waals surface area contributed by atoms with Crippen LogP contribution in [0.2, 0.25) is 0 Å². The van der Waals surface area contributed by atoms with E-state index in [0.29, 0.717) is 0 Å². The van der Waals surface area contributed by atoms with E-state index in [1.807, 2.05) is 18.2 Å². The molecule has 0 aliphatic carbocycles. The molecule has 0 N–H and O–H groups in total. The Bertz CT molecular complexity index is 164. The molecule has 46 valence electrons. The zero-order valence-electron chi connectivity index (χ0n) is 5.33. The zero-order chi connectivity index (χ0) is 7.11. The topological polar surface area (TPSA) is 23.8 Å². The molecule has 0 aliphatic rings. The van der Waals surface area contributed by atoms with Crippen LogP contribution in [0.5, 0.6) is 0 Å². The lowest BCUT2D eigenvalue weighted by molar-refractivity contribution is 1.48. The summed E-state index contributed by atoms with van der Waals surface area (Å²) in [6, 6.07) is 10.3. The largest absolute Gasteiger partial charge is 0.512 e. The van der Waals surface area contributed by atoms with Gasteiger partial charge in [-0.25, -0.2) is 0 Å². The highest BCUT2D eigenvalue weighted by Gasteiger charge is 1.72. The van der Waals surface area contributed by atoms with E-state index in [4.69, 9.17) is 11.8 Å². The number of hydrogen-bond acceptors (Lipinski definition) is 1. The van der Waals surface area contributed by atoms with Crippen molar-refractivity contribution in [3.05, 3.63) is 42.5 Å². The summed E-state index contributed by atoms with van der Waals surface area (Å²) in [6.07, 6.45) is 0. The van der Waals surface area contributed by atoms with Crippen LogP contribution in [0.25, 0.3) is 0 Å². The molecule has 0 aliphatic heterocycles. The summed E-state index contributed by atoms with van der Waals surface area (Å²) in [6.45, 7) is 6.83. The molecule has 0 spiro atoms. The molecule has 1 nitrogen and oxygen atoms in total. The third-order valence-electron chi connectivity index (χ3n) is 0.940. The maximum absolute atomic E-state index is 6.25. The quantitative estimate of drug-likeness (QED) is 0.478. The molecule has 0 saturated heterocycles. The maximum atomic E-state index is 6.25. The molecule has 0 radical (unpaired) electrons. The van der Waals surface area contributed by atoms with Gasteiger partial charge in [-0.1, -0.05) is 35.9 Å². The minimum atomic E-state index is 1.32. The molecule has 1 aromatic carbocycles. The molecule has 0 aromatic heterocycles. The van der Waals surface area contributed by atoms with Gasteiger partial charge in [-0.05, 0) is 6.92 Å². The summed E-state index contributed by atoms with van der Waals surface area (Å²) in [7, 11) is 0. The predicted molar refractivity (Wildman–Crippen MR) is 36.1 cm³/mol. The van der Waals surface area contributed by atoms with Gasteiger partial charge in [-0.15, -0.1) is 0 Å². The molecule has 1 heteroatoms. The molecule has 0 amide bonds. The van der Waals surface area contributed by atoms with Gasteiger partial charge in [0, 0.05) is 0 Å². The summed E-state index contributed by atoms with van der Waals surface area (Å²) < 4.78 is 0. The van der Waals surface area contributed by atoms with Gasteiger partial charge >= 0.3 is 0 Å². The van der Waals surface area contributed by atoms with E-state index in [1.54, 1.807) is 0 Å². The number of benzene rings is 1. The van der Waals surface area contributed by atoms with Crippen molar-refractivity contribution in [2.75, 3.05) is 0 Å². The second-order valence-corrected chi connectivity index (χ2v) is 1.65. The van der Waals surface area contributed by atoms with Crippen LogP contribution in [0.4, 0.5) is 0 Å². The fourth-order valence-corrected chi connectivity index (χ4v) is 0.534. The average molecular weight is 118 g/mol. The Kier molecular flexibility index (Phi) is 4.16. The summed E-state index contributed by atoms with van der Waals surface area (Å²) in [4.78, 5) is 0. The highest BCUT2D eigenvalue weighted by Crippen LogP contribution is 1.92. The minimum absolute atomic E-state index is 1.32. The van der Waals surface area contributed by atoms with Crippen molar-refractivity contribution in [1.29, 1.82) is 5.26 Å². The Morgan fingerprint density at radius 3 is 1.78 bits per heavy atom. The van der Waals surface area contributed by atoms with Crippen LogP contribution in [0.3, 0.4) is 0 Å². The van der Waals surface area contributed by atoms with Gasteiger partial charge < -0.3 is 11.8 Å². The average Bonchev–Trinajstić information content (AvgIpc) is 1.94. The molecule has 0 bridgehead atoms. The van der Waals surface area contributed by atoms with Crippen molar-refractivity contribution >= 4 is 0 Å². The molecule has 9 heavy (non-hydrogen) atoms. The Hall–Kier alpha value is -1.29. The molecule has 0 saturated carbocycles. The van der Waals surface area contributed by atoms with E-state index in [0.717, 1.165) is 0 Å². The number of rotatable bonds is 0. The lowest BCUT2D eigenvalue weighted by atomic mass is 10.2. The summed E-state index contributed by atoms with van der Waals surface area (Å²) >= 11 is 0. The third-order valence-corrected chi connectivity index (χ3v) is 0.940. The van der Waals surface area contributed by atoms with Crippen LogP contribution in [-0.4, -0.2) is 0 Å². The first-order valence-electron chi connectivity index (χ1n) is 2.63. The highest BCUT2D eigenvalue weighted by molar-refractivity contribution is 5.11. The fourth-order valence-electron chi connectivity index (χ4n) is 0.534. The van der Waals surface area contributed by atoms with E-state index in [9.17, 15) is 0 Å². The van der Waals surface area contributed by atoms with Crippen molar-refractivity contribution in [3.8, 4) is 0 Å². The summed E-state index contributed by atoms with van der Waals surface area (Å²) in [5, 5.41) is 6.25. The molecule has 1 aromatic rings. The molecule has 0 heterocycles. The molecular formula is C8H8N-. The Morgan fingerprint density at radius 2 is 1.56 bits per heavy atom. The minimum Gasteiger partial charge on any atom is -0.512 e.